The van der Waals surface area contributed by atoms with Crippen LogP contribution in [0.1, 0.15) is 34.2 Å². The molecule has 1 aliphatic carbocycles. The number of hydrogen-bond donors (Lipinski definition) is 1. The van der Waals surface area contributed by atoms with Gasteiger partial charge in [0.2, 0.25) is 0 Å². The van der Waals surface area contributed by atoms with Gasteiger partial charge in [0.05, 0.1) is 17.4 Å². The van der Waals surface area contributed by atoms with E-state index in [-0.39, 0.29) is 5.91 Å². The predicted molar refractivity (Wildman–Crippen MR) is 134 cm³/mol. The van der Waals surface area contributed by atoms with Gasteiger partial charge in [-0.25, -0.2) is 4.98 Å². The summed E-state index contributed by atoms with van der Waals surface area (Å²) in [4.78, 5) is 24.4. The highest BCUT2D eigenvalue weighted by atomic mass is 16.1. The number of benzene rings is 1. The van der Waals surface area contributed by atoms with Crippen molar-refractivity contribution in [3.05, 3.63) is 77.9 Å². The van der Waals surface area contributed by atoms with Gasteiger partial charge in [-0.1, -0.05) is 24.3 Å². The number of aryl methyl sites for hydroxylation is 2. The van der Waals surface area contributed by atoms with Crippen LogP contribution in [0.25, 0.3) is 16.6 Å². The molecule has 0 aliphatic heterocycles. The summed E-state index contributed by atoms with van der Waals surface area (Å²) in [5, 5.41) is 13.1. The highest BCUT2D eigenvalue weighted by Crippen LogP contribution is 2.46. The van der Waals surface area contributed by atoms with Crippen LogP contribution in [-0.4, -0.2) is 48.9 Å². The number of nitrogens with one attached hydrogen (secondary N) is 1. The van der Waals surface area contributed by atoms with Crippen molar-refractivity contribution in [1.29, 1.82) is 0 Å². The first-order valence-corrected chi connectivity index (χ1v) is 11.7. The van der Waals surface area contributed by atoms with Crippen molar-refractivity contribution < 1.29 is 4.79 Å². The van der Waals surface area contributed by atoms with Gasteiger partial charge in [-0.3, -0.25) is 14.5 Å². The zero-order chi connectivity index (χ0) is 24.1. The number of amides is 1. The van der Waals surface area contributed by atoms with E-state index in [0.29, 0.717) is 29.7 Å². The average molecular weight is 467 g/mol. The first-order valence-electron chi connectivity index (χ1n) is 11.7. The normalized spacial score (nSPS) is 17.1. The molecule has 1 fully saturated rings. The second-order valence-electron chi connectivity index (χ2n) is 9.17. The minimum absolute atomic E-state index is 0.193. The highest BCUT2D eigenvalue weighted by molar-refractivity contribution is 5.93. The summed E-state index contributed by atoms with van der Waals surface area (Å²) in [5.74, 6) is 2.19. The largest absolute Gasteiger partial charge is 0.350 e. The Morgan fingerprint density at radius 2 is 1.97 bits per heavy atom. The smallest absolute Gasteiger partial charge is 0.270 e. The highest BCUT2D eigenvalue weighted by Gasteiger charge is 2.39. The number of pyridine rings is 1. The molecule has 176 valence electrons. The van der Waals surface area contributed by atoms with Gasteiger partial charge in [0.25, 0.3) is 5.91 Å². The van der Waals surface area contributed by atoms with Gasteiger partial charge in [-0.2, -0.15) is 14.7 Å². The molecular formula is C26H26N8O. The van der Waals surface area contributed by atoms with Crippen molar-refractivity contribution >= 4 is 34.1 Å². The van der Waals surface area contributed by atoms with E-state index >= 15 is 0 Å². The van der Waals surface area contributed by atoms with Gasteiger partial charge in [0, 0.05) is 55.8 Å². The Labute approximate surface area is 202 Å². The number of anilines is 2. The van der Waals surface area contributed by atoms with Gasteiger partial charge in [-0.05, 0) is 31.4 Å². The van der Waals surface area contributed by atoms with Gasteiger partial charge < -0.3 is 10.2 Å². The third-order valence-corrected chi connectivity index (χ3v) is 6.69. The maximum atomic E-state index is 13.1. The van der Waals surface area contributed by atoms with Crippen molar-refractivity contribution in [3.63, 3.8) is 0 Å². The molecule has 4 heterocycles. The third kappa shape index (κ3) is 3.88. The second-order valence-corrected chi connectivity index (χ2v) is 9.17. The lowest BCUT2D eigenvalue weighted by molar-refractivity contribution is 0.0946. The van der Waals surface area contributed by atoms with E-state index in [1.165, 1.54) is 0 Å². The molecule has 0 radical (unpaired) electrons. The summed E-state index contributed by atoms with van der Waals surface area (Å²) in [5.41, 5.74) is 4.00. The Morgan fingerprint density at radius 3 is 2.80 bits per heavy atom. The zero-order valence-corrected chi connectivity index (χ0v) is 19.9. The monoisotopic (exact) mass is 466 g/mol. The van der Waals surface area contributed by atoms with Crippen LogP contribution in [0, 0.1) is 12.8 Å². The topological polar surface area (TPSA) is 93.2 Å². The fraction of sp³-hybridized carbons (Fsp3) is 0.269. The molecule has 0 bridgehead atoms. The van der Waals surface area contributed by atoms with Gasteiger partial charge >= 0.3 is 0 Å². The summed E-state index contributed by atoms with van der Waals surface area (Å²) >= 11 is 0. The molecule has 1 saturated carbocycles. The maximum absolute atomic E-state index is 13.1. The molecule has 6 rings (SSSR count). The minimum Gasteiger partial charge on any atom is -0.350 e. The molecule has 4 aromatic heterocycles. The summed E-state index contributed by atoms with van der Waals surface area (Å²) < 4.78 is 3.53. The van der Waals surface area contributed by atoms with Crippen LogP contribution >= 0.6 is 0 Å². The average Bonchev–Trinajstić information content (AvgIpc) is 3.34. The number of carbonyl (C=O) groups is 1. The van der Waals surface area contributed by atoms with E-state index in [9.17, 15) is 4.79 Å². The van der Waals surface area contributed by atoms with Crippen molar-refractivity contribution in [2.75, 3.05) is 18.5 Å². The van der Waals surface area contributed by atoms with Crippen molar-refractivity contribution in [3.8, 4) is 0 Å². The Bertz CT molecular complexity index is 1570. The van der Waals surface area contributed by atoms with Crippen LogP contribution in [-0.2, 0) is 7.05 Å². The number of hydrogen-bond acceptors (Lipinski definition) is 6. The lowest BCUT2D eigenvalue weighted by Crippen LogP contribution is -2.28. The molecule has 9 nitrogen and oxygen atoms in total. The zero-order valence-electron chi connectivity index (χ0n) is 19.9. The molecule has 1 amide bonds. The molecule has 1 aromatic carbocycles. The SMILES string of the molecule is Cc1cc(N(C)c2cc(C(=O)NC[C@H]3C[C@@H]3c3ccc4ccccc4n3)nc3ccnn23)n(C)n1. The van der Waals surface area contributed by atoms with E-state index < -0.39 is 0 Å². The van der Waals surface area contributed by atoms with Crippen LogP contribution in [0.15, 0.2) is 60.8 Å². The van der Waals surface area contributed by atoms with Crippen molar-refractivity contribution in [2.24, 2.45) is 13.0 Å². The van der Waals surface area contributed by atoms with Gasteiger partial charge in [-0.15, -0.1) is 0 Å². The number of rotatable bonds is 6. The summed E-state index contributed by atoms with van der Waals surface area (Å²) in [6, 6.07) is 17.9. The number of carbonyl (C=O) groups excluding carboxylic acids is 1. The molecule has 0 unspecified atom stereocenters. The Morgan fingerprint density at radius 1 is 1.11 bits per heavy atom. The Hall–Kier alpha value is -4.27. The van der Waals surface area contributed by atoms with Gasteiger partial charge in [0.1, 0.15) is 17.3 Å². The maximum Gasteiger partial charge on any atom is 0.270 e. The molecule has 0 saturated heterocycles. The molecule has 5 aromatic rings. The summed E-state index contributed by atoms with van der Waals surface area (Å²) in [6.07, 6.45) is 2.70. The van der Waals surface area contributed by atoms with Crippen LogP contribution in [0.5, 0.6) is 0 Å². The second kappa shape index (κ2) is 8.19. The number of nitrogens with zero attached hydrogens (tertiary/aromatic N) is 7. The number of fused-ring (bicyclic) bond motifs is 2. The van der Waals surface area contributed by atoms with Crippen molar-refractivity contribution in [2.45, 2.75) is 19.3 Å². The van der Waals surface area contributed by atoms with E-state index in [1.54, 1.807) is 27.5 Å². The van der Waals surface area contributed by atoms with Crippen LogP contribution in [0.4, 0.5) is 11.6 Å². The third-order valence-electron chi connectivity index (χ3n) is 6.69. The summed E-state index contributed by atoms with van der Waals surface area (Å²) in [6.45, 7) is 2.54. The van der Waals surface area contributed by atoms with Gasteiger partial charge in [0.15, 0.2) is 5.65 Å². The van der Waals surface area contributed by atoms with E-state index in [4.69, 9.17) is 4.98 Å². The first-order chi connectivity index (χ1) is 17.0. The van der Waals surface area contributed by atoms with Crippen LogP contribution in [0.2, 0.25) is 0 Å². The van der Waals surface area contributed by atoms with E-state index in [1.807, 2.05) is 50.2 Å². The Balaban J connectivity index is 1.19. The lowest BCUT2D eigenvalue weighted by Gasteiger charge is -2.20. The predicted octanol–water partition coefficient (Wildman–Crippen LogP) is 3.62. The van der Waals surface area contributed by atoms with E-state index in [0.717, 1.165) is 40.3 Å². The molecule has 1 aliphatic rings. The quantitative estimate of drug-likeness (QED) is 0.411. The van der Waals surface area contributed by atoms with Crippen LogP contribution < -0.4 is 10.2 Å². The first kappa shape index (κ1) is 21.3. The fourth-order valence-electron chi connectivity index (χ4n) is 4.72. The van der Waals surface area contributed by atoms with Crippen LogP contribution in [0.3, 0.4) is 0 Å². The number of aromatic nitrogens is 6. The molecule has 0 spiro atoms. The lowest BCUT2D eigenvalue weighted by atomic mass is 10.1. The molecule has 35 heavy (non-hydrogen) atoms. The fourth-order valence-corrected chi connectivity index (χ4v) is 4.72. The standard InChI is InChI=1S/C26H26N8O/c1-16-12-24(33(3)31-16)32(2)25-14-22(30-23-10-11-28-34(23)25)26(35)27-15-18-13-19(18)21-9-8-17-6-4-5-7-20(17)29-21/h4-12,14,18-19H,13,15H2,1-3H3,(H,27,35)/t18-,19+/m1/s1. The molecular weight excluding hydrogens is 440 g/mol. The van der Waals surface area contributed by atoms with Crippen molar-refractivity contribution in [1.82, 2.24) is 34.7 Å². The molecule has 2 atom stereocenters. The minimum atomic E-state index is -0.193. The summed E-state index contributed by atoms with van der Waals surface area (Å²) in [7, 11) is 3.82. The Kier molecular flexibility index (Phi) is 4.98. The number of para-hydroxylation sites is 1. The molecule has 9 heteroatoms. The van der Waals surface area contributed by atoms with E-state index in [2.05, 4.69) is 38.7 Å². The molecule has 1 N–H and O–H groups in total.